The number of hydrogen-bond donors (Lipinski definition) is 1. The molecule has 1 aliphatic heterocycles. The van der Waals surface area contributed by atoms with Gasteiger partial charge in [-0.05, 0) is 75.0 Å². The van der Waals surface area contributed by atoms with Crippen molar-refractivity contribution in [1.82, 2.24) is 14.9 Å². The van der Waals surface area contributed by atoms with Crippen LogP contribution in [0.3, 0.4) is 0 Å². The second kappa shape index (κ2) is 9.66. The van der Waals surface area contributed by atoms with Gasteiger partial charge >= 0.3 is 0 Å². The van der Waals surface area contributed by atoms with Crippen LogP contribution in [0.15, 0.2) is 42.6 Å². The van der Waals surface area contributed by atoms with Gasteiger partial charge in [0, 0.05) is 34.9 Å². The number of amides is 1. The zero-order chi connectivity index (χ0) is 21.8. The molecule has 1 fully saturated rings. The van der Waals surface area contributed by atoms with E-state index in [4.69, 9.17) is 4.98 Å². The Morgan fingerprint density at radius 2 is 2.13 bits per heavy atom. The van der Waals surface area contributed by atoms with Gasteiger partial charge in [-0.15, -0.1) is 11.3 Å². The predicted octanol–water partition coefficient (Wildman–Crippen LogP) is 4.70. The minimum Gasteiger partial charge on any atom is -0.301 e. The van der Waals surface area contributed by atoms with Crippen molar-refractivity contribution in [2.24, 2.45) is 0 Å². The lowest BCUT2D eigenvalue weighted by Crippen LogP contribution is -2.40. The number of aryl methyl sites for hydroxylation is 2. The number of halogens is 1. The van der Waals surface area contributed by atoms with Gasteiger partial charge in [0.2, 0.25) is 5.91 Å². The van der Waals surface area contributed by atoms with Crippen LogP contribution in [0.4, 0.5) is 9.52 Å². The lowest BCUT2D eigenvalue weighted by atomic mass is 9.92. The number of nitrogens with one attached hydrogen (secondary N) is 1. The van der Waals surface area contributed by atoms with Crippen molar-refractivity contribution in [1.29, 1.82) is 0 Å². The first-order valence-corrected chi connectivity index (χ1v) is 11.4. The van der Waals surface area contributed by atoms with Crippen LogP contribution in [-0.2, 0) is 11.2 Å². The summed E-state index contributed by atoms with van der Waals surface area (Å²) in [4.78, 5) is 24.7. The molecule has 0 saturated carbocycles. The number of likely N-dealkylation sites (tertiary alicyclic amines) is 1. The van der Waals surface area contributed by atoms with Gasteiger partial charge in [-0.25, -0.2) is 9.37 Å². The quantitative estimate of drug-likeness (QED) is 0.606. The fourth-order valence-electron chi connectivity index (χ4n) is 4.18. The number of aromatic nitrogens is 2. The molecule has 0 bridgehead atoms. The van der Waals surface area contributed by atoms with E-state index in [-0.39, 0.29) is 17.6 Å². The summed E-state index contributed by atoms with van der Waals surface area (Å²) >= 11 is 1.49. The average Bonchev–Trinajstić information content (AvgIpc) is 3.12. The fraction of sp³-hybridized carbons (Fsp3) is 0.375. The molecule has 1 unspecified atom stereocenters. The highest BCUT2D eigenvalue weighted by Gasteiger charge is 2.24. The van der Waals surface area contributed by atoms with Gasteiger partial charge in [0.05, 0.1) is 6.54 Å². The SMILES string of the molecule is Cc1cc(Cc2cccc(F)c2)cc(C2CCCN(CC(=O)Nc3ncc(C)s3)C2)n1. The topological polar surface area (TPSA) is 58.1 Å². The summed E-state index contributed by atoms with van der Waals surface area (Å²) in [5.74, 6) is 0.0476. The van der Waals surface area contributed by atoms with Crippen molar-refractivity contribution in [3.05, 3.63) is 75.8 Å². The van der Waals surface area contributed by atoms with Crippen LogP contribution < -0.4 is 5.32 Å². The predicted molar refractivity (Wildman–Crippen MR) is 122 cm³/mol. The summed E-state index contributed by atoms with van der Waals surface area (Å²) in [5.41, 5.74) is 4.13. The van der Waals surface area contributed by atoms with E-state index in [1.807, 2.05) is 19.9 Å². The minimum absolute atomic E-state index is 0.0287. The number of carbonyl (C=O) groups is 1. The Hall–Kier alpha value is -2.64. The maximum Gasteiger partial charge on any atom is 0.240 e. The molecule has 1 amide bonds. The van der Waals surface area contributed by atoms with E-state index in [1.54, 1.807) is 18.3 Å². The van der Waals surface area contributed by atoms with Crippen molar-refractivity contribution >= 4 is 22.4 Å². The molecule has 3 aromatic rings. The summed E-state index contributed by atoms with van der Waals surface area (Å²) in [6.45, 7) is 6.04. The van der Waals surface area contributed by atoms with Gasteiger partial charge in [-0.3, -0.25) is 14.7 Å². The maximum atomic E-state index is 13.6. The number of piperidine rings is 1. The molecule has 1 aliphatic rings. The van der Waals surface area contributed by atoms with Crippen molar-refractivity contribution < 1.29 is 9.18 Å². The van der Waals surface area contributed by atoms with E-state index >= 15 is 0 Å². The molecule has 162 valence electrons. The second-order valence-corrected chi connectivity index (χ2v) is 9.48. The molecule has 1 atom stereocenters. The number of benzene rings is 1. The Morgan fingerprint density at radius 1 is 1.26 bits per heavy atom. The van der Waals surface area contributed by atoms with Gasteiger partial charge in [-0.1, -0.05) is 12.1 Å². The zero-order valence-corrected chi connectivity index (χ0v) is 18.7. The van der Waals surface area contributed by atoms with Gasteiger partial charge in [0.1, 0.15) is 5.82 Å². The van der Waals surface area contributed by atoms with E-state index in [0.29, 0.717) is 18.1 Å². The van der Waals surface area contributed by atoms with E-state index in [2.05, 4.69) is 27.3 Å². The Kier molecular flexibility index (Phi) is 6.73. The molecule has 2 aromatic heterocycles. The summed E-state index contributed by atoms with van der Waals surface area (Å²) in [6.07, 6.45) is 4.53. The third kappa shape index (κ3) is 5.95. The molecule has 1 aromatic carbocycles. The molecule has 7 heteroatoms. The number of thiazole rings is 1. The Morgan fingerprint density at radius 3 is 2.90 bits per heavy atom. The lowest BCUT2D eigenvalue weighted by Gasteiger charge is -2.32. The monoisotopic (exact) mass is 438 g/mol. The number of anilines is 1. The molecular weight excluding hydrogens is 411 g/mol. The van der Waals surface area contributed by atoms with E-state index in [1.165, 1.54) is 17.4 Å². The maximum absolute atomic E-state index is 13.6. The lowest BCUT2D eigenvalue weighted by molar-refractivity contribution is -0.117. The third-order valence-corrected chi connectivity index (χ3v) is 6.32. The standard InChI is InChI=1S/C24H27FN4OS/c1-16-9-19(10-18-5-3-7-21(25)11-18)12-22(27-16)20-6-4-8-29(14-20)15-23(30)28-24-26-13-17(2)31-24/h3,5,7,9,11-13,20H,4,6,8,10,14-15H2,1-2H3,(H,26,28,30). The number of pyridine rings is 1. The van der Waals surface area contributed by atoms with Crippen LogP contribution in [0.25, 0.3) is 0 Å². The number of nitrogens with zero attached hydrogens (tertiary/aromatic N) is 3. The first kappa shape index (κ1) is 21.6. The van der Waals surface area contributed by atoms with Crippen molar-refractivity contribution in [2.75, 3.05) is 25.0 Å². The third-order valence-electron chi connectivity index (χ3n) is 5.49. The summed E-state index contributed by atoms with van der Waals surface area (Å²) in [5, 5.41) is 3.55. The smallest absolute Gasteiger partial charge is 0.240 e. The Labute approximate surface area is 186 Å². The molecule has 1 N–H and O–H groups in total. The fourth-order valence-corrected chi connectivity index (χ4v) is 4.86. The van der Waals surface area contributed by atoms with Gasteiger partial charge < -0.3 is 5.32 Å². The normalized spacial score (nSPS) is 16.9. The Bertz CT molecular complexity index is 1070. The van der Waals surface area contributed by atoms with E-state index in [0.717, 1.165) is 53.3 Å². The zero-order valence-electron chi connectivity index (χ0n) is 17.9. The molecule has 0 aliphatic carbocycles. The molecule has 31 heavy (non-hydrogen) atoms. The van der Waals surface area contributed by atoms with Crippen molar-refractivity contribution in [3.63, 3.8) is 0 Å². The molecule has 5 nitrogen and oxygen atoms in total. The minimum atomic E-state index is -0.211. The highest BCUT2D eigenvalue weighted by Crippen LogP contribution is 2.27. The number of rotatable bonds is 6. The van der Waals surface area contributed by atoms with Crippen LogP contribution in [0.5, 0.6) is 0 Å². The summed E-state index contributed by atoms with van der Waals surface area (Å²) in [6, 6.07) is 11.0. The van der Waals surface area contributed by atoms with Gasteiger partial charge in [0.25, 0.3) is 0 Å². The van der Waals surface area contributed by atoms with Crippen molar-refractivity contribution in [2.45, 2.75) is 39.0 Å². The summed E-state index contributed by atoms with van der Waals surface area (Å²) < 4.78 is 13.6. The van der Waals surface area contributed by atoms with Crippen LogP contribution in [0, 0.1) is 19.7 Å². The number of carbonyl (C=O) groups excluding carboxylic acids is 1. The molecular formula is C24H27FN4OS. The van der Waals surface area contributed by atoms with Crippen LogP contribution >= 0.6 is 11.3 Å². The summed E-state index contributed by atoms with van der Waals surface area (Å²) in [7, 11) is 0. The second-order valence-electron chi connectivity index (χ2n) is 8.25. The van der Waals surface area contributed by atoms with E-state index < -0.39 is 0 Å². The molecule has 0 radical (unpaired) electrons. The highest BCUT2D eigenvalue weighted by molar-refractivity contribution is 7.15. The molecule has 3 heterocycles. The van der Waals surface area contributed by atoms with Crippen molar-refractivity contribution in [3.8, 4) is 0 Å². The average molecular weight is 439 g/mol. The van der Waals surface area contributed by atoms with E-state index in [9.17, 15) is 9.18 Å². The molecule has 0 spiro atoms. The molecule has 4 rings (SSSR count). The first-order valence-electron chi connectivity index (χ1n) is 10.6. The largest absolute Gasteiger partial charge is 0.301 e. The number of hydrogen-bond acceptors (Lipinski definition) is 5. The van der Waals surface area contributed by atoms with Gasteiger partial charge in [0.15, 0.2) is 5.13 Å². The van der Waals surface area contributed by atoms with Crippen LogP contribution in [0.2, 0.25) is 0 Å². The van der Waals surface area contributed by atoms with Crippen LogP contribution in [0.1, 0.15) is 46.2 Å². The Balaban J connectivity index is 1.41. The molecule has 1 saturated heterocycles. The van der Waals surface area contributed by atoms with Gasteiger partial charge in [-0.2, -0.15) is 0 Å². The van der Waals surface area contributed by atoms with Crippen LogP contribution in [-0.4, -0.2) is 40.4 Å². The highest BCUT2D eigenvalue weighted by atomic mass is 32.1. The first-order chi connectivity index (χ1) is 14.9.